The summed E-state index contributed by atoms with van der Waals surface area (Å²) in [6.07, 6.45) is 0.542. The van der Waals surface area contributed by atoms with Crippen molar-refractivity contribution in [2.75, 3.05) is 13.8 Å². The largest absolute Gasteiger partial charge is 0.379 e. The van der Waals surface area contributed by atoms with E-state index in [0.29, 0.717) is 12.3 Å². The summed E-state index contributed by atoms with van der Waals surface area (Å²) in [6, 6.07) is 0. The van der Waals surface area contributed by atoms with E-state index >= 15 is 0 Å². The van der Waals surface area contributed by atoms with Crippen molar-refractivity contribution in [2.24, 2.45) is 20.9 Å². The fourth-order valence-corrected chi connectivity index (χ4v) is 0.537. The van der Waals surface area contributed by atoms with E-state index in [1.807, 2.05) is 6.92 Å². The lowest BCUT2D eigenvalue weighted by atomic mass is 10.3. The van der Waals surface area contributed by atoms with Gasteiger partial charge >= 0.3 is 0 Å². The molecule has 0 aromatic rings. The van der Waals surface area contributed by atoms with Crippen LogP contribution in [0.5, 0.6) is 0 Å². The summed E-state index contributed by atoms with van der Waals surface area (Å²) in [4.78, 5) is 12.2. The Hall–Kier alpha value is -1.23. The Morgan fingerprint density at radius 3 is 2.67 bits per heavy atom. The number of rotatable bonds is 4. The van der Waals surface area contributed by atoms with Gasteiger partial charge in [-0.3, -0.25) is 10.7 Å². The minimum atomic E-state index is 0.0430. The molecule has 0 fully saturated rings. The summed E-state index contributed by atoms with van der Waals surface area (Å²) >= 11 is 0. The highest BCUT2D eigenvalue weighted by Gasteiger charge is 1.98. The summed E-state index contributed by atoms with van der Waals surface area (Å²) in [7, 11) is 1.71. The van der Waals surface area contributed by atoms with Crippen molar-refractivity contribution in [3.8, 4) is 0 Å². The third-order valence-electron chi connectivity index (χ3n) is 1.22. The SMILES string of the molecule is C=N/C(C/C(C)=N\C)=N\OCN. The molecule has 0 aromatic carbocycles. The van der Waals surface area contributed by atoms with E-state index in [4.69, 9.17) is 5.73 Å². The van der Waals surface area contributed by atoms with Crippen LogP contribution in [0.1, 0.15) is 13.3 Å². The van der Waals surface area contributed by atoms with Gasteiger partial charge in [0.05, 0.1) is 0 Å². The highest BCUT2D eigenvalue weighted by molar-refractivity contribution is 6.03. The zero-order chi connectivity index (χ0) is 9.40. The molecule has 0 bridgehead atoms. The highest BCUT2D eigenvalue weighted by Crippen LogP contribution is 1.92. The first-order valence-corrected chi connectivity index (χ1v) is 3.52. The molecule has 5 heteroatoms. The van der Waals surface area contributed by atoms with E-state index in [9.17, 15) is 0 Å². The number of hydrogen-bond acceptors (Lipinski definition) is 4. The second-order valence-electron chi connectivity index (χ2n) is 2.10. The Morgan fingerprint density at radius 2 is 2.25 bits per heavy atom. The minimum absolute atomic E-state index is 0.0430. The van der Waals surface area contributed by atoms with E-state index in [-0.39, 0.29) is 6.73 Å². The van der Waals surface area contributed by atoms with Crippen molar-refractivity contribution in [2.45, 2.75) is 13.3 Å². The molecule has 68 valence electrons. The maximum Gasteiger partial charge on any atom is 0.172 e. The molecule has 0 amide bonds. The second kappa shape index (κ2) is 6.48. The van der Waals surface area contributed by atoms with Crippen molar-refractivity contribution in [1.82, 2.24) is 0 Å². The van der Waals surface area contributed by atoms with Gasteiger partial charge in [-0.05, 0) is 13.6 Å². The molecule has 0 spiro atoms. The van der Waals surface area contributed by atoms with Crippen LogP contribution < -0.4 is 5.73 Å². The summed E-state index contributed by atoms with van der Waals surface area (Å²) in [6.45, 7) is 5.27. The van der Waals surface area contributed by atoms with Gasteiger partial charge in [0.2, 0.25) is 0 Å². The molecular weight excluding hydrogens is 156 g/mol. The van der Waals surface area contributed by atoms with Gasteiger partial charge < -0.3 is 4.84 Å². The quantitative estimate of drug-likeness (QED) is 0.287. The molecule has 2 N–H and O–H groups in total. The molecule has 0 aliphatic heterocycles. The van der Waals surface area contributed by atoms with Gasteiger partial charge in [0.1, 0.15) is 0 Å². The smallest absolute Gasteiger partial charge is 0.172 e. The standard InChI is InChI=1S/C7H14N4O/c1-6(9-2)4-7(10-3)11-12-5-8/h3-5,8H2,1-2H3/b9-6-,11-7-. The van der Waals surface area contributed by atoms with Gasteiger partial charge in [-0.25, -0.2) is 4.99 Å². The third kappa shape index (κ3) is 4.56. The molecule has 0 rings (SSSR count). The lowest BCUT2D eigenvalue weighted by Gasteiger charge is -1.98. The van der Waals surface area contributed by atoms with Crippen molar-refractivity contribution < 1.29 is 4.84 Å². The van der Waals surface area contributed by atoms with Crippen LogP contribution in [-0.2, 0) is 4.84 Å². The first-order chi connectivity index (χ1) is 5.74. The molecule has 12 heavy (non-hydrogen) atoms. The van der Waals surface area contributed by atoms with E-state index in [2.05, 4.69) is 26.7 Å². The predicted octanol–water partition coefficient (Wildman–Crippen LogP) is 0.414. The van der Waals surface area contributed by atoms with Gasteiger partial charge in [-0.1, -0.05) is 5.16 Å². The number of oxime groups is 1. The highest BCUT2D eigenvalue weighted by atomic mass is 16.6. The predicted molar refractivity (Wildman–Crippen MR) is 50.8 cm³/mol. The summed E-state index contributed by atoms with van der Waals surface area (Å²) in [5.41, 5.74) is 5.99. The monoisotopic (exact) mass is 170 g/mol. The summed E-state index contributed by atoms with van der Waals surface area (Å²) in [5.74, 6) is 0.489. The molecule has 0 atom stereocenters. The summed E-state index contributed by atoms with van der Waals surface area (Å²) < 4.78 is 0. The van der Waals surface area contributed by atoms with Crippen LogP contribution in [-0.4, -0.2) is 32.0 Å². The zero-order valence-electron chi connectivity index (χ0n) is 7.45. The second-order valence-corrected chi connectivity index (χ2v) is 2.10. The average Bonchev–Trinajstić information content (AvgIpc) is 2.11. The molecule has 0 unspecified atom stereocenters. The van der Waals surface area contributed by atoms with Gasteiger partial charge in [0.15, 0.2) is 12.6 Å². The Morgan fingerprint density at radius 1 is 1.58 bits per heavy atom. The first kappa shape index (κ1) is 10.8. The van der Waals surface area contributed by atoms with Gasteiger partial charge in [0, 0.05) is 19.2 Å². The number of aliphatic imine (C=N–C) groups is 2. The van der Waals surface area contributed by atoms with Gasteiger partial charge in [0.25, 0.3) is 0 Å². The maximum absolute atomic E-state index is 5.07. The Bertz CT molecular complexity index is 198. The number of nitrogens with two attached hydrogens (primary N) is 1. The molecule has 0 heterocycles. The Labute approximate surface area is 72.0 Å². The number of nitrogens with zero attached hydrogens (tertiary/aromatic N) is 3. The molecule has 0 aromatic heterocycles. The van der Waals surface area contributed by atoms with Crippen LogP contribution in [0.25, 0.3) is 0 Å². The molecule has 0 aliphatic rings. The normalized spacial score (nSPS) is 12.9. The van der Waals surface area contributed by atoms with Crippen molar-refractivity contribution in [3.63, 3.8) is 0 Å². The van der Waals surface area contributed by atoms with E-state index in [1.54, 1.807) is 7.05 Å². The van der Waals surface area contributed by atoms with Crippen LogP contribution in [0.3, 0.4) is 0 Å². The molecular formula is C7H14N4O. The van der Waals surface area contributed by atoms with Crippen molar-refractivity contribution >= 4 is 18.3 Å². The first-order valence-electron chi connectivity index (χ1n) is 3.52. The zero-order valence-corrected chi connectivity index (χ0v) is 7.45. The molecule has 0 radical (unpaired) electrons. The lowest BCUT2D eigenvalue weighted by Crippen LogP contribution is -2.06. The number of amidine groups is 1. The Kier molecular flexibility index (Phi) is 5.81. The van der Waals surface area contributed by atoms with Crippen LogP contribution in [0.4, 0.5) is 0 Å². The number of hydrogen-bond donors (Lipinski definition) is 1. The maximum atomic E-state index is 5.07. The van der Waals surface area contributed by atoms with Gasteiger partial charge in [-0.2, -0.15) is 0 Å². The fourth-order valence-electron chi connectivity index (χ4n) is 0.537. The van der Waals surface area contributed by atoms with Gasteiger partial charge in [-0.15, -0.1) is 0 Å². The van der Waals surface area contributed by atoms with Crippen molar-refractivity contribution in [3.05, 3.63) is 0 Å². The van der Waals surface area contributed by atoms with E-state index in [0.717, 1.165) is 5.71 Å². The topological polar surface area (TPSA) is 72.3 Å². The van der Waals surface area contributed by atoms with Crippen LogP contribution in [0.15, 0.2) is 15.1 Å². The van der Waals surface area contributed by atoms with E-state index < -0.39 is 0 Å². The van der Waals surface area contributed by atoms with Crippen LogP contribution in [0, 0.1) is 0 Å². The average molecular weight is 170 g/mol. The van der Waals surface area contributed by atoms with Crippen LogP contribution in [0.2, 0.25) is 0 Å². The Balaban J connectivity index is 4.07. The third-order valence-corrected chi connectivity index (χ3v) is 1.22. The molecule has 0 saturated carbocycles. The molecule has 5 nitrogen and oxygen atoms in total. The van der Waals surface area contributed by atoms with Crippen molar-refractivity contribution in [1.29, 1.82) is 0 Å². The fraction of sp³-hybridized carbons (Fsp3) is 0.571. The summed E-state index contributed by atoms with van der Waals surface area (Å²) in [5, 5.41) is 3.63. The van der Waals surface area contributed by atoms with Crippen LogP contribution >= 0.6 is 0 Å². The minimum Gasteiger partial charge on any atom is -0.379 e. The van der Waals surface area contributed by atoms with E-state index in [1.165, 1.54) is 0 Å². The lowest BCUT2D eigenvalue weighted by molar-refractivity contribution is 0.151. The molecule has 0 saturated heterocycles. The molecule has 0 aliphatic carbocycles.